The quantitative estimate of drug-likeness (QED) is 0.856. The lowest BCUT2D eigenvalue weighted by Gasteiger charge is -2.17. The van der Waals surface area contributed by atoms with Gasteiger partial charge in [0.05, 0.1) is 0 Å². The van der Waals surface area contributed by atoms with Crippen molar-refractivity contribution in [3.8, 4) is 0 Å². The van der Waals surface area contributed by atoms with Gasteiger partial charge < -0.3 is 5.73 Å². The fourth-order valence-corrected chi connectivity index (χ4v) is 2.34. The average Bonchev–Trinajstić information content (AvgIpc) is 2.42. The molecule has 98 valence electrons. The Balaban J connectivity index is 2.15. The van der Waals surface area contributed by atoms with E-state index in [4.69, 9.17) is 5.73 Å². The van der Waals surface area contributed by atoms with Gasteiger partial charge in [-0.2, -0.15) is 0 Å². The smallest absolute Gasteiger partial charge is 0.0338 e. The molecule has 0 saturated heterocycles. The van der Waals surface area contributed by atoms with Gasteiger partial charge in [0, 0.05) is 6.04 Å². The van der Waals surface area contributed by atoms with Gasteiger partial charge in [-0.3, -0.25) is 0 Å². The predicted octanol–water partition coefficient (Wildman–Crippen LogP) is 4.41. The van der Waals surface area contributed by atoms with E-state index in [1.165, 1.54) is 22.3 Å². The summed E-state index contributed by atoms with van der Waals surface area (Å²) in [5, 5.41) is 0. The molecule has 1 heteroatoms. The van der Waals surface area contributed by atoms with Crippen molar-refractivity contribution in [2.45, 2.75) is 26.3 Å². The second kappa shape index (κ2) is 5.85. The molecule has 1 nitrogen and oxygen atoms in total. The fourth-order valence-electron chi connectivity index (χ4n) is 2.34. The van der Waals surface area contributed by atoms with E-state index >= 15 is 0 Å². The largest absolute Gasteiger partial charge is 0.324 e. The van der Waals surface area contributed by atoms with E-state index in [0.29, 0.717) is 0 Å². The Morgan fingerprint density at radius 2 is 1.74 bits per heavy atom. The highest BCUT2D eigenvalue weighted by molar-refractivity contribution is 5.64. The Labute approximate surface area is 115 Å². The summed E-state index contributed by atoms with van der Waals surface area (Å²) < 4.78 is 0. The molecule has 0 aliphatic heterocycles. The highest BCUT2D eigenvalue weighted by Crippen LogP contribution is 2.27. The first-order valence-corrected chi connectivity index (χ1v) is 6.64. The summed E-state index contributed by atoms with van der Waals surface area (Å²) in [6.07, 6.45) is 0.786. The van der Waals surface area contributed by atoms with Gasteiger partial charge in [0.1, 0.15) is 0 Å². The molecule has 2 rings (SSSR count). The van der Waals surface area contributed by atoms with Crippen LogP contribution in [0.4, 0.5) is 0 Å². The van der Waals surface area contributed by atoms with Crippen molar-refractivity contribution in [3.05, 3.63) is 77.4 Å². The molecule has 2 N–H and O–H groups in total. The van der Waals surface area contributed by atoms with E-state index in [9.17, 15) is 0 Å². The third-order valence-corrected chi connectivity index (χ3v) is 3.69. The Hall–Kier alpha value is -1.86. The lowest BCUT2D eigenvalue weighted by Crippen LogP contribution is -2.12. The number of hydrogen-bond donors (Lipinski definition) is 1. The summed E-state index contributed by atoms with van der Waals surface area (Å²) in [6.45, 7) is 8.42. The Morgan fingerprint density at radius 3 is 2.42 bits per heavy atom. The number of rotatable bonds is 4. The second-order valence-corrected chi connectivity index (χ2v) is 5.07. The number of hydrogen-bond acceptors (Lipinski definition) is 1. The van der Waals surface area contributed by atoms with Crippen molar-refractivity contribution in [3.63, 3.8) is 0 Å². The topological polar surface area (TPSA) is 26.0 Å². The van der Waals surface area contributed by atoms with Crippen molar-refractivity contribution in [2.24, 2.45) is 5.73 Å². The highest BCUT2D eigenvalue weighted by atomic mass is 14.6. The van der Waals surface area contributed by atoms with E-state index in [2.05, 4.69) is 50.8 Å². The minimum Gasteiger partial charge on any atom is -0.324 e. The maximum absolute atomic E-state index is 6.34. The number of aryl methyl sites for hydroxylation is 1. The zero-order valence-electron chi connectivity index (χ0n) is 11.7. The molecular weight excluding hydrogens is 230 g/mol. The number of benzene rings is 2. The summed E-state index contributed by atoms with van der Waals surface area (Å²) >= 11 is 0. The molecule has 0 aliphatic carbocycles. The molecule has 2 aromatic rings. The summed E-state index contributed by atoms with van der Waals surface area (Å²) in [4.78, 5) is 0. The molecule has 1 unspecified atom stereocenters. The van der Waals surface area contributed by atoms with Crippen LogP contribution in [0, 0.1) is 13.8 Å². The summed E-state index contributed by atoms with van der Waals surface area (Å²) in [5.41, 5.74) is 12.4. The summed E-state index contributed by atoms with van der Waals surface area (Å²) in [7, 11) is 0. The molecule has 0 radical (unpaired) electrons. The third kappa shape index (κ3) is 3.12. The van der Waals surface area contributed by atoms with Gasteiger partial charge in [0.25, 0.3) is 0 Å². The molecule has 0 bridgehead atoms. The van der Waals surface area contributed by atoms with Gasteiger partial charge in [-0.25, -0.2) is 0 Å². The molecule has 2 aromatic carbocycles. The van der Waals surface area contributed by atoms with Crippen LogP contribution in [0.1, 0.15) is 34.7 Å². The van der Waals surface area contributed by atoms with Gasteiger partial charge in [-0.1, -0.05) is 55.1 Å². The maximum atomic E-state index is 6.34. The molecule has 19 heavy (non-hydrogen) atoms. The van der Waals surface area contributed by atoms with Crippen molar-refractivity contribution >= 4 is 5.57 Å². The fraction of sp³-hybridized carbons (Fsp3) is 0.222. The normalized spacial score (nSPS) is 12.2. The van der Waals surface area contributed by atoms with E-state index in [-0.39, 0.29) is 6.04 Å². The van der Waals surface area contributed by atoms with E-state index in [1.54, 1.807) is 0 Å². The molecular formula is C18H21N. The molecule has 0 aliphatic rings. The second-order valence-electron chi connectivity index (χ2n) is 5.07. The van der Waals surface area contributed by atoms with Crippen LogP contribution < -0.4 is 5.73 Å². The van der Waals surface area contributed by atoms with Crippen LogP contribution in [-0.2, 0) is 0 Å². The van der Waals surface area contributed by atoms with Crippen molar-refractivity contribution in [2.75, 3.05) is 0 Å². The minimum absolute atomic E-state index is 0.00704. The van der Waals surface area contributed by atoms with Crippen LogP contribution in [0.15, 0.2) is 55.1 Å². The van der Waals surface area contributed by atoms with Gasteiger partial charge in [-0.15, -0.1) is 0 Å². The van der Waals surface area contributed by atoms with Gasteiger partial charge in [0.2, 0.25) is 0 Å². The average molecular weight is 251 g/mol. The Morgan fingerprint density at radius 1 is 1.05 bits per heavy atom. The molecule has 0 spiro atoms. The molecule has 0 fully saturated rings. The van der Waals surface area contributed by atoms with Crippen molar-refractivity contribution < 1.29 is 0 Å². The first-order valence-electron chi connectivity index (χ1n) is 6.64. The summed E-state index contributed by atoms with van der Waals surface area (Å²) in [5.74, 6) is 0. The van der Waals surface area contributed by atoms with E-state index < -0.39 is 0 Å². The molecule has 0 amide bonds. The molecule has 0 heterocycles. The van der Waals surface area contributed by atoms with E-state index in [1.807, 2.05) is 18.2 Å². The first kappa shape index (κ1) is 13.6. The SMILES string of the molecule is C=C(CC(N)c1cccc(C)c1C)c1ccccc1. The zero-order chi connectivity index (χ0) is 13.8. The lowest BCUT2D eigenvalue weighted by molar-refractivity contribution is 0.744. The molecule has 1 atom stereocenters. The number of nitrogens with two attached hydrogens (primary N) is 1. The lowest BCUT2D eigenvalue weighted by atomic mass is 9.92. The molecule has 0 aromatic heterocycles. The summed E-state index contributed by atoms with van der Waals surface area (Å²) in [6, 6.07) is 16.6. The zero-order valence-corrected chi connectivity index (χ0v) is 11.7. The third-order valence-electron chi connectivity index (χ3n) is 3.69. The van der Waals surface area contributed by atoms with Gasteiger partial charge >= 0.3 is 0 Å². The molecule has 0 saturated carbocycles. The maximum Gasteiger partial charge on any atom is 0.0338 e. The van der Waals surface area contributed by atoms with Crippen molar-refractivity contribution in [1.82, 2.24) is 0 Å². The predicted molar refractivity (Wildman–Crippen MR) is 82.9 cm³/mol. The van der Waals surface area contributed by atoms with Crippen LogP contribution >= 0.6 is 0 Å². The highest BCUT2D eigenvalue weighted by Gasteiger charge is 2.12. The van der Waals surface area contributed by atoms with Gasteiger partial charge in [0.15, 0.2) is 0 Å². The standard InChI is InChI=1S/C18H21N/c1-13-8-7-11-17(15(13)3)18(19)12-14(2)16-9-5-4-6-10-16/h4-11,18H,2,12,19H2,1,3H3. The van der Waals surface area contributed by atoms with Crippen LogP contribution in [0.2, 0.25) is 0 Å². The van der Waals surface area contributed by atoms with Crippen molar-refractivity contribution in [1.29, 1.82) is 0 Å². The minimum atomic E-state index is 0.00704. The Bertz CT molecular complexity index is 569. The van der Waals surface area contributed by atoms with Crippen LogP contribution in [0.5, 0.6) is 0 Å². The van der Waals surface area contributed by atoms with Crippen LogP contribution in [0.25, 0.3) is 5.57 Å². The Kier molecular flexibility index (Phi) is 4.18. The first-order chi connectivity index (χ1) is 9.09. The monoisotopic (exact) mass is 251 g/mol. The van der Waals surface area contributed by atoms with E-state index in [0.717, 1.165) is 12.0 Å². The van der Waals surface area contributed by atoms with Crippen LogP contribution in [-0.4, -0.2) is 0 Å². The van der Waals surface area contributed by atoms with Crippen LogP contribution in [0.3, 0.4) is 0 Å². The van der Waals surface area contributed by atoms with Gasteiger partial charge in [-0.05, 0) is 48.1 Å².